The molecule has 0 bridgehead atoms. The van der Waals surface area contributed by atoms with Crippen LogP contribution in [0.3, 0.4) is 0 Å². The number of benzene rings is 1. The molecule has 178 valence electrons. The third-order valence-electron chi connectivity index (χ3n) is 5.34. The predicted octanol–water partition coefficient (Wildman–Crippen LogP) is -1.06. The van der Waals surface area contributed by atoms with E-state index in [0.29, 0.717) is 57.9 Å². The van der Waals surface area contributed by atoms with Crippen LogP contribution in [0.1, 0.15) is 5.56 Å². The minimum atomic E-state index is -0.977. The summed E-state index contributed by atoms with van der Waals surface area (Å²) in [6.07, 6.45) is 0.647. The number of carboxylic acids is 3. The maximum Gasteiger partial charge on any atom is 0.317 e. The molecule has 2 rings (SSSR count). The van der Waals surface area contributed by atoms with Crippen LogP contribution in [0.2, 0.25) is 0 Å². The number of rotatable bonds is 8. The Morgan fingerprint density at radius 3 is 1.81 bits per heavy atom. The third kappa shape index (κ3) is 10.1. The smallest absolute Gasteiger partial charge is 0.317 e. The van der Waals surface area contributed by atoms with E-state index in [0.717, 1.165) is 5.56 Å². The Balaban J connectivity index is 2.17. The van der Waals surface area contributed by atoms with E-state index in [1.54, 1.807) is 9.80 Å². The van der Waals surface area contributed by atoms with Crippen molar-refractivity contribution in [3.8, 4) is 0 Å². The highest BCUT2D eigenvalue weighted by atomic mass is 16.4. The highest BCUT2D eigenvalue weighted by Gasteiger charge is 2.21. The minimum Gasteiger partial charge on any atom is -0.480 e. The topological polar surface area (TPSA) is 160 Å². The van der Waals surface area contributed by atoms with Crippen molar-refractivity contribution in [1.29, 1.82) is 0 Å². The second kappa shape index (κ2) is 13.0. The zero-order chi connectivity index (χ0) is 23.5. The van der Waals surface area contributed by atoms with E-state index in [4.69, 9.17) is 5.73 Å². The molecule has 6 N–H and O–H groups in total. The number of aliphatic carboxylic acids is 3. The lowest BCUT2D eigenvalue weighted by atomic mass is 10.0. The maximum atomic E-state index is 11.4. The van der Waals surface area contributed by atoms with Crippen LogP contribution >= 0.6 is 0 Å². The summed E-state index contributed by atoms with van der Waals surface area (Å²) in [6, 6.07) is 7.42. The average Bonchev–Trinajstić information content (AvgIpc) is 2.69. The van der Waals surface area contributed by atoms with Gasteiger partial charge in [-0.2, -0.15) is 0 Å². The molecule has 0 amide bonds. The van der Waals surface area contributed by atoms with Gasteiger partial charge in [0.25, 0.3) is 0 Å². The number of carboxylic acid groups (broad SMARTS) is 3. The molecular formula is C21H33N5O6. The van der Waals surface area contributed by atoms with Gasteiger partial charge in [0.05, 0.1) is 19.6 Å². The van der Waals surface area contributed by atoms with E-state index in [9.17, 15) is 29.7 Å². The van der Waals surface area contributed by atoms with Gasteiger partial charge in [-0.3, -0.25) is 29.1 Å². The third-order valence-corrected chi connectivity index (χ3v) is 5.34. The lowest BCUT2D eigenvalue weighted by molar-refractivity contribution is -0.140. The molecule has 1 aromatic rings. The molecule has 1 aliphatic rings. The largest absolute Gasteiger partial charge is 0.480 e. The van der Waals surface area contributed by atoms with Crippen molar-refractivity contribution in [1.82, 2.24) is 20.0 Å². The van der Waals surface area contributed by atoms with Crippen molar-refractivity contribution in [3.63, 3.8) is 0 Å². The number of nitrogen functional groups attached to an aromatic ring is 1. The van der Waals surface area contributed by atoms with Gasteiger partial charge >= 0.3 is 17.9 Å². The fourth-order valence-corrected chi connectivity index (χ4v) is 3.79. The molecular weight excluding hydrogens is 418 g/mol. The van der Waals surface area contributed by atoms with Crippen LogP contribution in [-0.4, -0.2) is 119 Å². The van der Waals surface area contributed by atoms with E-state index in [1.807, 2.05) is 29.2 Å². The summed E-state index contributed by atoms with van der Waals surface area (Å²) in [5.74, 6) is -2.86. The number of nitrogens with one attached hydrogen (secondary N) is 1. The van der Waals surface area contributed by atoms with Crippen molar-refractivity contribution in [2.75, 3.05) is 71.2 Å². The van der Waals surface area contributed by atoms with Gasteiger partial charge in [-0.05, 0) is 24.1 Å². The van der Waals surface area contributed by atoms with Crippen LogP contribution in [0.5, 0.6) is 0 Å². The molecule has 1 fully saturated rings. The zero-order valence-electron chi connectivity index (χ0n) is 18.2. The lowest BCUT2D eigenvalue weighted by Crippen LogP contribution is -2.51. The predicted molar refractivity (Wildman–Crippen MR) is 119 cm³/mol. The van der Waals surface area contributed by atoms with Gasteiger partial charge in [0.2, 0.25) is 0 Å². The normalized spacial score (nSPS) is 20.2. The van der Waals surface area contributed by atoms with Crippen molar-refractivity contribution in [2.45, 2.75) is 12.5 Å². The second-order valence-corrected chi connectivity index (χ2v) is 8.07. The first-order valence-corrected chi connectivity index (χ1v) is 10.6. The van der Waals surface area contributed by atoms with Crippen molar-refractivity contribution < 1.29 is 29.7 Å². The quantitative estimate of drug-likeness (QED) is 0.307. The Hall–Kier alpha value is -2.73. The van der Waals surface area contributed by atoms with E-state index in [-0.39, 0.29) is 25.7 Å². The highest BCUT2D eigenvalue weighted by Crippen LogP contribution is 2.10. The Labute approximate surface area is 187 Å². The monoisotopic (exact) mass is 451 g/mol. The standard InChI is InChI=1S/C21H33N5O6/c22-17-3-1-16(2-4-17)11-18-12-26(15-21(31)32)10-9-25(14-20(29)30)8-7-24(6-5-23-18)13-19(27)28/h1-4,18,23H,5-15,22H2,(H,27,28)(H,29,30)(H,31,32). The molecule has 32 heavy (non-hydrogen) atoms. The van der Waals surface area contributed by atoms with Crippen LogP contribution in [0.25, 0.3) is 0 Å². The molecule has 11 nitrogen and oxygen atoms in total. The van der Waals surface area contributed by atoms with Crippen molar-refractivity contribution >= 4 is 23.6 Å². The number of nitrogens with two attached hydrogens (primary N) is 1. The van der Waals surface area contributed by atoms with Crippen molar-refractivity contribution in [2.24, 2.45) is 0 Å². The first kappa shape index (κ1) is 25.5. The van der Waals surface area contributed by atoms with Crippen LogP contribution in [-0.2, 0) is 20.8 Å². The molecule has 1 unspecified atom stereocenters. The Morgan fingerprint density at radius 1 is 0.812 bits per heavy atom. The van der Waals surface area contributed by atoms with Crippen molar-refractivity contribution in [3.05, 3.63) is 29.8 Å². The number of nitrogens with zero attached hydrogens (tertiary/aromatic N) is 3. The number of hydrogen-bond donors (Lipinski definition) is 5. The second-order valence-electron chi connectivity index (χ2n) is 8.07. The van der Waals surface area contributed by atoms with Crippen LogP contribution in [0.15, 0.2) is 24.3 Å². The fourth-order valence-electron chi connectivity index (χ4n) is 3.79. The summed E-state index contributed by atoms with van der Waals surface area (Å²) in [4.78, 5) is 39.2. The Bertz CT molecular complexity index is 760. The molecule has 11 heteroatoms. The molecule has 0 spiro atoms. The molecule has 0 saturated carbocycles. The molecule has 1 saturated heterocycles. The van der Waals surface area contributed by atoms with Gasteiger partial charge in [-0.1, -0.05) is 12.1 Å². The van der Waals surface area contributed by atoms with E-state index < -0.39 is 17.9 Å². The average molecular weight is 452 g/mol. The van der Waals surface area contributed by atoms with Gasteiger partial charge in [0, 0.05) is 57.5 Å². The summed E-state index contributed by atoms with van der Waals surface area (Å²) < 4.78 is 0. The summed E-state index contributed by atoms with van der Waals surface area (Å²) in [5, 5.41) is 31.2. The lowest BCUT2D eigenvalue weighted by Gasteiger charge is -2.32. The van der Waals surface area contributed by atoms with Gasteiger partial charge < -0.3 is 26.4 Å². The maximum absolute atomic E-state index is 11.4. The van der Waals surface area contributed by atoms with Crippen LogP contribution in [0.4, 0.5) is 5.69 Å². The number of carbonyl (C=O) groups is 3. The molecule has 1 atom stereocenters. The summed E-state index contributed by atoms with van der Waals surface area (Å²) in [5.41, 5.74) is 7.48. The molecule has 0 aromatic heterocycles. The first-order valence-electron chi connectivity index (χ1n) is 10.6. The van der Waals surface area contributed by atoms with E-state index in [1.165, 1.54) is 0 Å². The van der Waals surface area contributed by atoms with Gasteiger partial charge in [-0.25, -0.2) is 0 Å². The van der Waals surface area contributed by atoms with Gasteiger partial charge in [0.15, 0.2) is 0 Å². The summed E-state index contributed by atoms with van der Waals surface area (Å²) in [6.45, 7) is 2.54. The molecule has 1 aliphatic heterocycles. The Kier molecular flexibility index (Phi) is 10.3. The minimum absolute atomic E-state index is 0.0722. The van der Waals surface area contributed by atoms with Crippen LogP contribution in [0, 0.1) is 0 Å². The summed E-state index contributed by atoms with van der Waals surface area (Å²) >= 11 is 0. The molecule has 1 heterocycles. The molecule has 0 radical (unpaired) electrons. The molecule has 0 aliphatic carbocycles. The summed E-state index contributed by atoms with van der Waals surface area (Å²) in [7, 11) is 0. The van der Waals surface area contributed by atoms with E-state index >= 15 is 0 Å². The Morgan fingerprint density at radius 2 is 1.28 bits per heavy atom. The van der Waals surface area contributed by atoms with Gasteiger partial charge in [-0.15, -0.1) is 0 Å². The highest BCUT2D eigenvalue weighted by molar-refractivity contribution is 5.69. The van der Waals surface area contributed by atoms with Crippen LogP contribution < -0.4 is 11.1 Å². The zero-order valence-corrected chi connectivity index (χ0v) is 18.2. The number of hydrogen-bond acceptors (Lipinski definition) is 8. The first-order chi connectivity index (χ1) is 15.2. The SMILES string of the molecule is Nc1ccc(CC2CN(CC(=O)O)CCN(CC(=O)O)CCN(CC(=O)O)CCN2)cc1. The van der Waals surface area contributed by atoms with Gasteiger partial charge in [0.1, 0.15) is 0 Å². The molecule has 1 aromatic carbocycles. The number of anilines is 1. The van der Waals surface area contributed by atoms with E-state index in [2.05, 4.69) is 5.32 Å². The fraction of sp³-hybridized carbons (Fsp3) is 0.571.